The van der Waals surface area contributed by atoms with Crippen LogP contribution in [0.5, 0.6) is 0 Å². The van der Waals surface area contributed by atoms with Gasteiger partial charge in [0.2, 0.25) is 0 Å². The fourth-order valence-corrected chi connectivity index (χ4v) is 2.67. The first kappa shape index (κ1) is 17.0. The van der Waals surface area contributed by atoms with Crippen LogP contribution in [-0.4, -0.2) is 28.7 Å². The summed E-state index contributed by atoms with van der Waals surface area (Å²) in [5, 5.41) is 5.65. The molecule has 0 fully saturated rings. The van der Waals surface area contributed by atoms with Crippen molar-refractivity contribution in [2.75, 3.05) is 13.1 Å². The maximum atomic E-state index is 12.8. The molecule has 130 valence electrons. The summed E-state index contributed by atoms with van der Waals surface area (Å²) in [6.07, 6.45) is 3.33. The lowest BCUT2D eigenvalue weighted by Gasteiger charge is -2.08. The van der Waals surface area contributed by atoms with E-state index in [2.05, 4.69) is 20.2 Å². The van der Waals surface area contributed by atoms with E-state index in [-0.39, 0.29) is 11.8 Å². The normalized spacial score (nSPS) is 10.8. The lowest BCUT2D eigenvalue weighted by Crippen LogP contribution is -2.37. The van der Waals surface area contributed by atoms with Gasteiger partial charge in [-0.1, -0.05) is 24.3 Å². The SMILES string of the molecule is O=C(NCCCn1cnc2ccccc21)NCCc1ccc(F)cc1. The van der Waals surface area contributed by atoms with Crippen molar-refractivity contribution in [3.05, 3.63) is 66.2 Å². The number of aromatic nitrogens is 2. The smallest absolute Gasteiger partial charge is 0.314 e. The average molecular weight is 340 g/mol. The third-order valence-corrected chi connectivity index (χ3v) is 4.00. The quantitative estimate of drug-likeness (QED) is 0.649. The first-order valence-electron chi connectivity index (χ1n) is 8.38. The monoisotopic (exact) mass is 340 g/mol. The van der Waals surface area contributed by atoms with E-state index in [1.807, 2.05) is 30.6 Å². The molecule has 2 amide bonds. The summed E-state index contributed by atoms with van der Waals surface area (Å²) in [4.78, 5) is 16.1. The van der Waals surface area contributed by atoms with Gasteiger partial charge in [0.25, 0.3) is 0 Å². The summed E-state index contributed by atoms with van der Waals surface area (Å²) < 4.78 is 14.9. The highest BCUT2D eigenvalue weighted by Crippen LogP contribution is 2.11. The molecule has 1 aromatic heterocycles. The predicted octanol–water partition coefficient (Wildman–Crippen LogP) is 3.11. The van der Waals surface area contributed by atoms with Crippen LogP contribution in [-0.2, 0) is 13.0 Å². The Bertz CT molecular complexity index is 829. The molecular formula is C19H21FN4O. The van der Waals surface area contributed by atoms with Crippen molar-refractivity contribution in [2.45, 2.75) is 19.4 Å². The lowest BCUT2D eigenvalue weighted by molar-refractivity contribution is 0.240. The Morgan fingerprint density at radius 2 is 1.80 bits per heavy atom. The zero-order chi connectivity index (χ0) is 17.5. The fraction of sp³-hybridized carbons (Fsp3) is 0.263. The van der Waals surface area contributed by atoms with E-state index in [0.29, 0.717) is 19.5 Å². The standard InChI is InChI=1S/C19H21FN4O/c20-16-8-6-15(7-9-16)10-12-22-19(25)21-11-3-13-24-14-23-17-4-1-2-5-18(17)24/h1-2,4-9,14H,3,10-13H2,(H2,21,22,25). The number of imidazole rings is 1. The molecule has 2 aromatic carbocycles. The number of hydrogen-bond donors (Lipinski definition) is 2. The molecule has 0 atom stereocenters. The second-order valence-corrected chi connectivity index (χ2v) is 5.84. The third kappa shape index (κ3) is 4.79. The van der Waals surface area contributed by atoms with E-state index in [0.717, 1.165) is 29.6 Å². The predicted molar refractivity (Wildman–Crippen MR) is 95.9 cm³/mol. The second kappa shape index (κ2) is 8.28. The van der Waals surface area contributed by atoms with E-state index in [4.69, 9.17) is 0 Å². The number of fused-ring (bicyclic) bond motifs is 1. The number of halogens is 1. The van der Waals surface area contributed by atoms with Gasteiger partial charge in [0.15, 0.2) is 0 Å². The van der Waals surface area contributed by atoms with Crippen molar-refractivity contribution in [1.82, 2.24) is 20.2 Å². The van der Waals surface area contributed by atoms with Crippen LogP contribution in [0.1, 0.15) is 12.0 Å². The minimum atomic E-state index is -0.250. The molecule has 3 rings (SSSR count). The molecular weight excluding hydrogens is 319 g/mol. The molecule has 0 spiro atoms. The highest BCUT2D eigenvalue weighted by molar-refractivity contribution is 5.75. The fourth-order valence-electron chi connectivity index (χ4n) is 2.67. The molecule has 0 aliphatic rings. The topological polar surface area (TPSA) is 59.0 Å². The molecule has 0 bridgehead atoms. The molecule has 5 nitrogen and oxygen atoms in total. The Hall–Kier alpha value is -2.89. The Kier molecular flexibility index (Phi) is 5.61. The van der Waals surface area contributed by atoms with Crippen molar-refractivity contribution in [1.29, 1.82) is 0 Å². The Balaban J connectivity index is 1.33. The van der Waals surface area contributed by atoms with Gasteiger partial charge >= 0.3 is 6.03 Å². The van der Waals surface area contributed by atoms with Gasteiger partial charge in [0.1, 0.15) is 5.82 Å². The van der Waals surface area contributed by atoms with Gasteiger partial charge in [0, 0.05) is 19.6 Å². The number of nitrogens with one attached hydrogen (secondary N) is 2. The largest absolute Gasteiger partial charge is 0.338 e. The van der Waals surface area contributed by atoms with Crippen molar-refractivity contribution < 1.29 is 9.18 Å². The van der Waals surface area contributed by atoms with Crippen molar-refractivity contribution >= 4 is 17.1 Å². The molecule has 0 aliphatic heterocycles. The highest BCUT2D eigenvalue weighted by Gasteiger charge is 2.02. The minimum absolute atomic E-state index is 0.183. The van der Waals surface area contributed by atoms with Gasteiger partial charge in [-0.05, 0) is 42.7 Å². The number of carbonyl (C=O) groups excluding carboxylic acids is 1. The van der Waals surface area contributed by atoms with Gasteiger partial charge in [-0.2, -0.15) is 0 Å². The summed E-state index contributed by atoms with van der Waals surface area (Å²) in [6, 6.07) is 14.1. The van der Waals surface area contributed by atoms with Crippen molar-refractivity contribution in [3.8, 4) is 0 Å². The van der Waals surface area contributed by atoms with Gasteiger partial charge < -0.3 is 15.2 Å². The van der Waals surface area contributed by atoms with Gasteiger partial charge in [-0.3, -0.25) is 0 Å². The van der Waals surface area contributed by atoms with Gasteiger partial charge in [-0.25, -0.2) is 14.2 Å². The third-order valence-electron chi connectivity index (χ3n) is 4.00. The number of aryl methyl sites for hydroxylation is 1. The molecule has 25 heavy (non-hydrogen) atoms. The molecule has 0 saturated heterocycles. The van der Waals surface area contributed by atoms with E-state index in [1.54, 1.807) is 12.1 Å². The molecule has 0 saturated carbocycles. The van der Waals surface area contributed by atoms with Crippen LogP contribution in [0.2, 0.25) is 0 Å². The number of urea groups is 1. The van der Waals surface area contributed by atoms with Crippen LogP contribution >= 0.6 is 0 Å². The minimum Gasteiger partial charge on any atom is -0.338 e. The van der Waals surface area contributed by atoms with Crippen molar-refractivity contribution in [3.63, 3.8) is 0 Å². The summed E-state index contributed by atoms with van der Waals surface area (Å²) in [5.41, 5.74) is 3.08. The summed E-state index contributed by atoms with van der Waals surface area (Å²) >= 11 is 0. The zero-order valence-corrected chi connectivity index (χ0v) is 13.9. The van der Waals surface area contributed by atoms with Crippen LogP contribution in [0.3, 0.4) is 0 Å². The Labute approximate surface area is 145 Å². The number of hydrogen-bond acceptors (Lipinski definition) is 2. The van der Waals surface area contributed by atoms with Crippen LogP contribution < -0.4 is 10.6 Å². The number of carbonyl (C=O) groups is 1. The maximum absolute atomic E-state index is 12.8. The molecule has 0 radical (unpaired) electrons. The van der Waals surface area contributed by atoms with Crippen LogP contribution in [0.15, 0.2) is 54.9 Å². The Morgan fingerprint density at radius 1 is 1.04 bits per heavy atom. The Morgan fingerprint density at radius 3 is 2.64 bits per heavy atom. The van der Waals surface area contributed by atoms with E-state index in [1.165, 1.54) is 12.1 Å². The lowest BCUT2D eigenvalue weighted by atomic mass is 10.1. The first-order valence-corrected chi connectivity index (χ1v) is 8.38. The zero-order valence-electron chi connectivity index (χ0n) is 13.9. The summed E-state index contributed by atoms with van der Waals surface area (Å²) in [7, 11) is 0. The molecule has 0 unspecified atom stereocenters. The number of amides is 2. The van der Waals surface area contributed by atoms with Crippen LogP contribution in [0.25, 0.3) is 11.0 Å². The van der Waals surface area contributed by atoms with Gasteiger partial charge in [-0.15, -0.1) is 0 Å². The van der Waals surface area contributed by atoms with Crippen LogP contribution in [0.4, 0.5) is 9.18 Å². The maximum Gasteiger partial charge on any atom is 0.314 e. The summed E-state index contributed by atoms with van der Waals surface area (Å²) in [5.74, 6) is -0.250. The van der Waals surface area contributed by atoms with E-state index >= 15 is 0 Å². The van der Waals surface area contributed by atoms with Crippen LogP contribution in [0, 0.1) is 5.82 Å². The molecule has 3 aromatic rings. The van der Waals surface area contributed by atoms with E-state index < -0.39 is 0 Å². The molecule has 2 N–H and O–H groups in total. The summed E-state index contributed by atoms with van der Waals surface area (Å²) in [6.45, 7) is 1.91. The number of benzene rings is 2. The van der Waals surface area contributed by atoms with Crippen molar-refractivity contribution in [2.24, 2.45) is 0 Å². The average Bonchev–Trinajstić information content (AvgIpc) is 3.04. The second-order valence-electron chi connectivity index (χ2n) is 5.84. The number of rotatable bonds is 7. The molecule has 6 heteroatoms. The van der Waals surface area contributed by atoms with Gasteiger partial charge in [0.05, 0.1) is 17.4 Å². The molecule has 0 aliphatic carbocycles. The number of para-hydroxylation sites is 2. The molecule has 1 heterocycles. The first-order chi connectivity index (χ1) is 12.2. The van der Waals surface area contributed by atoms with E-state index in [9.17, 15) is 9.18 Å². The highest BCUT2D eigenvalue weighted by atomic mass is 19.1. The number of nitrogens with zero attached hydrogens (tertiary/aromatic N) is 2.